The molecule has 100 valence electrons. The molecular formula is C16H19FN2. The first kappa shape index (κ1) is 13.6. The Morgan fingerprint density at radius 3 is 2.53 bits per heavy atom. The van der Waals surface area contributed by atoms with E-state index in [9.17, 15) is 4.39 Å². The predicted octanol–water partition coefficient (Wildman–Crippen LogP) is 4.00. The van der Waals surface area contributed by atoms with Gasteiger partial charge < -0.3 is 10.6 Å². The van der Waals surface area contributed by atoms with Crippen LogP contribution >= 0.6 is 0 Å². The molecule has 0 saturated heterocycles. The van der Waals surface area contributed by atoms with E-state index in [2.05, 4.69) is 4.90 Å². The number of nitrogens with zero attached hydrogens (tertiary/aromatic N) is 1. The number of benzene rings is 2. The van der Waals surface area contributed by atoms with E-state index in [4.69, 9.17) is 5.73 Å². The van der Waals surface area contributed by atoms with Crippen LogP contribution in [0, 0.1) is 5.82 Å². The van der Waals surface area contributed by atoms with Crippen LogP contribution in [0.25, 0.3) is 0 Å². The van der Waals surface area contributed by atoms with E-state index in [1.54, 1.807) is 12.1 Å². The Hall–Kier alpha value is -1.87. The SMILES string of the molecule is CCN(c1cccc(F)c1)c1ccccc1[C@H](C)N. The highest BCUT2D eigenvalue weighted by molar-refractivity contribution is 5.67. The van der Waals surface area contributed by atoms with Crippen molar-refractivity contribution in [1.29, 1.82) is 0 Å². The van der Waals surface area contributed by atoms with E-state index in [1.165, 1.54) is 6.07 Å². The van der Waals surface area contributed by atoms with Crippen LogP contribution in [0.4, 0.5) is 15.8 Å². The average Bonchev–Trinajstić information content (AvgIpc) is 2.40. The zero-order valence-electron chi connectivity index (χ0n) is 11.3. The van der Waals surface area contributed by atoms with Crippen molar-refractivity contribution < 1.29 is 4.39 Å². The molecule has 0 unspecified atom stereocenters. The summed E-state index contributed by atoms with van der Waals surface area (Å²) >= 11 is 0. The van der Waals surface area contributed by atoms with E-state index in [1.807, 2.05) is 44.2 Å². The van der Waals surface area contributed by atoms with E-state index in [-0.39, 0.29) is 11.9 Å². The van der Waals surface area contributed by atoms with Crippen molar-refractivity contribution in [2.75, 3.05) is 11.4 Å². The number of halogens is 1. The second kappa shape index (κ2) is 5.85. The molecule has 0 saturated carbocycles. The highest BCUT2D eigenvalue weighted by Crippen LogP contribution is 2.31. The van der Waals surface area contributed by atoms with Crippen LogP contribution in [0.2, 0.25) is 0 Å². The zero-order chi connectivity index (χ0) is 13.8. The van der Waals surface area contributed by atoms with Gasteiger partial charge in [0.25, 0.3) is 0 Å². The highest BCUT2D eigenvalue weighted by Gasteiger charge is 2.13. The summed E-state index contributed by atoms with van der Waals surface area (Å²) in [5.74, 6) is -0.228. The topological polar surface area (TPSA) is 29.3 Å². The number of nitrogens with two attached hydrogens (primary N) is 1. The number of hydrogen-bond donors (Lipinski definition) is 1. The van der Waals surface area contributed by atoms with Gasteiger partial charge in [-0.15, -0.1) is 0 Å². The van der Waals surface area contributed by atoms with Crippen LogP contribution in [0.1, 0.15) is 25.5 Å². The predicted molar refractivity (Wildman–Crippen MR) is 78.1 cm³/mol. The van der Waals surface area contributed by atoms with Crippen LogP contribution in [0.15, 0.2) is 48.5 Å². The lowest BCUT2D eigenvalue weighted by atomic mass is 10.1. The third kappa shape index (κ3) is 2.93. The summed E-state index contributed by atoms with van der Waals surface area (Å²) in [5, 5.41) is 0. The molecule has 2 rings (SSSR count). The van der Waals surface area contributed by atoms with E-state index in [0.29, 0.717) is 0 Å². The first-order valence-electron chi connectivity index (χ1n) is 6.51. The fraction of sp³-hybridized carbons (Fsp3) is 0.250. The summed E-state index contributed by atoms with van der Waals surface area (Å²) in [6, 6.07) is 14.6. The average molecular weight is 258 g/mol. The molecule has 0 aliphatic heterocycles. The minimum absolute atomic E-state index is 0.0567. The summed E-state index contributed by atoms with van der Waals surface area (Å²) in [6.07, 6.45) is 0. The van der Waals surface area contributed by atoms with Crippen molar-refractivity contribution in [2.45, 2.75) is 19.9 Å². The molecule has 0 aliphatic rings. The Morgan fingerprint density at radius 2 is 1.89 bits per heavy atom. The summed E-state index contributed by atoms with van der Waals surface area (Å²) < 4.78 is 13.4. The van der Waals surface area contributed by atoms with Gasteiger partial charge in [0, 0.05) is 24.0 Å². The Labute approximate surface area is 113 Å². The van der Waals surface area contributed by atoms with Crippen LogP contribution in [0.5, 0.6) is 0 Å². The molecule has 0 aliphatic carbocycles. The van der Waals surface area contributed by atoms with Gasteiger partial charge in [0.1, 0.15) is 5.82 Å². The lowest BCUT2D eigenvalue weighted by molar-refractivity contribution is 0.627. The smallest absolute Gasteiger partial charge is 0.125 e. The Balaban J connectivity index is 2.48. The van der Waals surface area contributed by atoms with Crippen LogP contribution in [-0.2, 0) is 0 Å². The molecule has 2 aromatic rings. The van der Waals surface area contributed by atoms with Gasteiger partial charge in [-0.3, -0.25) is 0 Å². The van der Waals surface area contributed by atoms with E-state index in [0.717, 1.165) is 23.5 Å². The molecule has 0 bridgehead atoms. The van der Waals surface area contributed by atoms with Gasteiger partial charge in [-0.25, -0.2) is 4.39 Å². The number of hydrogen-bond acceptors (Lipinski definition) is 2. The molecule has 3 heteroatoms. The molecule has 2 N–H and O–H groups in total. The molecule has 0 spiro atoms. The van der Waals surface area contributed by atoms with Crippen molar-refractivity contribution in [3.05, 3.63) is 59.9 Å². The van der Waals surface area contributed by atoms with Gasteiger partial charge in [0.05, 0.1) is 0 Å². The van der Waals surface area contributed by atoms with Crippen LogP contribution in [0.3, 0.4) is 0 Å². The molecule has 0 heterocycles. The van der Waals surface area contributed by atoms with E-state index < -0.39 is 0 Å². The van der Waals surface area contributed by atoms with Crippen molar-refractivity contribution in [1.82, 2.24) is 0 Å². The second-order valence-corrected chi connectivity index (χ2v) is 4.57. The van der Waals surface area contributed by atoms with Gasteiger partial charge in [0.15, 0.2) is 0 Å². The normalized spacial score (nSPS) is 12.2. The maximum Gasteiger partial charge on any atom is 0.125 e. The van der Waals surface area contributed by atoms with Gasteiger partial charge in [-0.2, -0.15) is 0 Å². The molecule has 2 aromatic carbocycles. The fourth-order valence-electron chi connectivity index (χ4n) is 2.25. The monoisotopic (exact) mass is 258 g/mol. The molecule has 1 atom stereocenters. The number of rotatable bonds is 4. The lowest BCUT2D eigenvalue weighted by Gasteiger charge is -2.27. The fourth-order valence-corrected chi connectivity index (χ4v) is 2.25. The second-order valence-electron chi connectivity index (χ2n) is 4.57. The third-order valence-electron chi connectivity index (χ3n) is 3.15. The largest absolute Gasteiger partial charge is 0.341 e. The first-order valence-corrected chi connectivity index (χ1v) is 6.51. The van der Waals surface area contributed by atoms with Gasteiger partial charge >= 0.3 is 0 Å². The minimum atomic E-state index is -0.228. The summed E-state index contributed by atoms with van der Waals surface area (Å²) in [7, 11) is 0. The Morgan fingerprint density at radius 1 is 1.16 bits per heavy atom. The van der Waals surface area contributed by atoms with Crippen molar-refractivity contribution >= 4 is 11.4 Å². The summed E-state index contributed by atoms with van der Waals surface area (Å²) in [5.41, 5.74) is 8.95. The van der Waals surface area contributed by atoms with Gasteiger partial charge in [-0.05, 0) is 43.7 Å². The van der Waals surface area contributed by atoms with E-state index >= 15 is 0 Å². The third-order valence-corrected chi connectivity index (χ3v) is 3.15. The maximum absolute atomic E-state index is 13.4. The number of para-hydroxylation sites is 1. The molecule has 0 fully saturated rings. The van der Waals surface area contributed by atoms with Crippen molar-refractivity contribution in [3.8, 4) is 0 Å². The standard InChI is InChI=1S/C16H19FN2/c1-3-19(14-8-6-7-13(17)11-14)16-10-5-4-9-15(16)12(2)18/h4-12H,3,18H2,1-2H3/t12-/m0/s1. The summed E-state index contributed by atoms with van der Waals surface area (Å²) in [6.45, 7) is 4.76. The molecular weight excluding hydrogens is 239 g/mol. The van der Waals surface area contributed by atoms with Crippen LogP contribution in [-0.4, -0.2) is 6.54 Å². The molecule has 2 nitrogen and oxygen atoms in total. The van der Waals surface area contributed by atoms with Crippen molar-refractivity contribution in [2.24, 2.45) is 5.73 Å². The first-order chi connectivity index (χ1) is 9.13. The quantitative estimate of drug-likeness (QED) is 0.898. The van der Waals surface area contributed by atoms with Crippen molar-refractivity contribution in [3.63, 3.8) is 0 Å². The highest BCUT2D eigenvalue weighted by atomic mass is 19.1. The zero-order valence-corrected chi connectivity index (χ0v) is 11.3. The minimum Gasteiger partial charge on any atom is -0.341 e. The summed E-state index contributed by atoms with van der Waals surface area (Å²) in [4.78, 5) is 2.07. The molecule has 0 amide bonds. The van der Waals surface area contributed by atoms with Gasteiger partial charge in [-0.1, -0.05) is 24.3 Å². The number of anilines is 2. The molecule has 0 aromatic heterocycles. The Bertz CT molecular complexity index is 552. The molecule has 0 radical (unpaired) electrons. The Kier molecular flexibility index (Phi) is 4.17. The molecule has 19 heavy (non-hydrogen) atoms. The lowest BCUT2D eigenvalue weighted by Crippen LogP contribution is -2.20. The van der Waals surface area contributed by atoms with Gasteiger partial charge in [0.2, 0.25) is 0 Å². The van der Waals surface area contributed by atoms with Crippen LogP contribution < -0.4 is 10.6 Å². The maximum atomic E-state index is 13.4.